The summed E-state index contributed by atoms with van der Waals surface area (Å²) in [6.45, 7) is 0. The third-order valence-electron chi connectivity index (χ3n) is 4.88. The molecule has 0 unspecified atom stereocenters. The maximum Gasteiger partial charge on any atom is 0.145 e. The highest BCUT2D eigenvalue weighted by Crippen LogP contribution is 2.32. The summed E-state index contributed by atoms with van der Waals surface area (Å²) in [5.74, 6) is 0. The van der Waals surface area contributed by atoms with E-state index in [1.165, 1.54) is 20.3 Å². The molecule has 5 aromatic rings. The fourth-order valence-electron chi connectivity index (χ4n) is 3.48. The van der Waals surface area contributed by atoms with Gasteiger partial charge in [-0.05, 0) is 57.5 Å². The van der Waals surface area contributed by atoms with Gasteiger partial charge in [0.05, 0.1) is 5.69 Å². The normalized spacial score (nSPS) is 11.0. The molecule has 0 fully saturated rings. The molecule has 0 spiro atoms. The van der Waals surface area contributed by atoms with E-state index in [1.807, 2.05) is 12.1 Å². The Balaban J connectivity index is 1.75. The minimum Gasteiger partial charge on any atom is -0.305 e. The Kier molecular flexibility index (Phi) is 4.45. The summed E-state index contributed by atoms with van der Waals surface area (Å²) in [6, 6.07) is 31.7. The van der Waals surface area contributed by atoms with Crippen LogP contribution >= 0.6 is 22.6 Å². The zero-order valence-electron chi connectivity index (χ0n) is 15.1. The van der Waals surface area contributed by atoms with Gasteiger partial charge in [-0.25, -0.2) is 4.98 Å². The van der Waals surface area contributed by atoms with E-state index in [0.717, 1.165) is 22.5 Å². The SMILES string of the molecule is Ic1ccc(-c2cn3cc(-c4ccccc4)cc(-c4ccccc4)c3n2)cc1. The molecule has 2 heterocycles. The summed E-state index contributed by atoms with van der Waals surface area (Å²) >= 11 is 2.33. The van der Waals surface area contributed by atoms with Crippen LogP contribution < -0.4 is 0 Å². The second kappa shape index (κ2) is 7.24. The van der Waals surface area contributed by atoms with Crippen molar-refractivity contribution in [2.75, 3.05) is 0 Å². The Labute approximate surface area is 177 Å². The van der Waals surface area contributed by atoms with Crippen LogP contribution in [-0.2, 0) is 0 Å². The highest BCUT2D eigenvalue weighted by Gasteiger charge is 2.12. The Morgan fingerprint density at radius 2 is 1.25 bits per heavy atom. The molecule has 0 radical (unpaired) electrons. The molecule has 0 saturated heterocycles. The standard InChI is InChI=1S/C25H17IN2/c26-22-13-11-20(12-14-22)24-17-28-16-21(18-7-3-1-4-8-18)15-23(25(28)27-24)19-9-5-2-6-10-19/h1-17H. The van der Waals surface area contributed by atoms with Crippen LogP contribution in [0.25, 0.3) is 39.2 Å². The molecule has 134 valence electrons. The number of hydrogen-bond donors (Lipinski definition) is 0. The van der Waals surface area contributed by atoms with E-state index in [9.17, 15) is 0 Å². The zero-order valence-corrected chi connectivity index (χ0v) is 17.2. The minimum atomic E-state index is 0.972. The second-order valence-corrected chi connectivity index (χ2v) is 7.98. The van der Waals surface area contributed by atoms with Gasteiger partial charge in [0.25, 0.3) is 0 Å². The predicted molar refractivity (Wildman–Crippen MR) is 124 cm³/mol. The van der Waals surface area contributed by atoms with Crippen molar-refractivity contribution in [1.82, 2.24) is 9.38 Å². The highest BCUT2D eigenvalue weighted by atomic mass is 127. The first-order chi connectivity index (χ1) is 13.8. The Hall–Kier alpha value is -2.92. The van der Waals surface area contributed by atoms with E-state index in [2.05, 4.69) is 118 Å². The minimum absolute atomic E-state index is 0.972. The smallest absolute Gasteiger partial charge is 0.145 e. The van der Waals surface area contributed by atoms with Gasteiger partial charge in [0.1, 0.15) is 5.65 Å². The Morgan fingerprint density at radius 3 is 1.93 bits per heavy atom. The molecule has 2 aromatic heterocycles. The fraction of sp³-hybridized carbons (Fsp3) is 0. The lowest BCUT2D eigenvalue weighted by Gasteiger charge is -2.09. The quantitative estimate of drug-likeness (QED) is 0.260. The van der Waals surface area contributed by atoms with E-state index < -0.39 is 0 Å². The summed E-state index contributed by atoms with van der Waals surface area (Å²) < 4.78 is 3.37. The monoisotopic (exact) mass is 472 g/mol. The molecule has 0 atom stereocenters. The second-order valence-electron chi connectivity index (χ2n) is 6.74. The van der Waals surface area contributed by atoms with Gasteiger partial charge >= 0.3 is 0 Å². The van der Waals surface area contributed by atoms with Gasteiger partial charge in [-0.2, -0.15) is 0 Å². The van der Waals surface area contributed by atoms with Crippen LogP contribution in [0.3, 0.4) is 0 Å². The van der Waals surface area contributed by atoms with Crippen molar-refractivity contribution in [3.8, 4) is 33.5 Å². The predicted octanol–water partition coefficient (Wildman–Crippen LogP) is 6.94. The number of nitrogens with zero attached hydrogens (tertiary/aromatic N) is 2. The third-order valence-corrected chi connectivity index (χ3v) is 5.60. The van der Waals surface area contributed by atoms with E-state index in [0.29, 0.717) is 0 Å². The Morgan fingerprint density at radius 1 is 0.607 bits per heavy atom. The number of hydrogen-bond acceptors (Lipinski definition) is 1. The summed E-state index contributed by atoms with van der Waals surface area (Å²) in [7, 11) is 0. The average molecular weight is 472 g/mol. The van der Waals surface area contributed by atoms with Gasteiger partial charge in [0, 0.05) is 27.1 Å². The molecule has 3 aromatic carbocycles. The number of imidazole rings is 1. The lowest BCUT2D eigenvalue weighted by molar-refractivity contribution is 1.19. The van der Waals surface area contributed by atoms with Gasteiger partial charge in [-0.1, -0.05) is 72.8 Å². The van der Waals surface area contributed by atoms with Crippen molar-refractivity contribution >= 4 is 28.2 Å². The third kappa shape index (κ3) is 3.22. The number of rotatable bonds is 3. The van der Waals surface area contributed by atoms with Crippen molar-refractivity contribution in [3.63, 3.8) is 0 Å². The molecule has 0 aliphatic carbocycles. The largest absolute Gasteiger partial charge is 0.305 e. The number of aromatic nitrogens is 2. The molecular formula is C25H17IN2. The lowest BCUT2D eigenvalue weighted by atomic mass is 10.0. The van der Waals surface area contributed by atoms with Crippen LogP contribution in [0.1, 0.15) is 0 Å². The van der Waals surface area contributed by atoms with E-state index >= 15 is 0 Å². The molecule has 5 rings (SSSR count). The first-order valence-corrected chi connectivity index (χ1v) is 10.3. The molecule has 2 nitrogen and oxygen atoms in total. The van der Waals surface area contributed by atoms with Crippen molar-refractivity contribution < 1.29 is 0 Å². The molecule has 0 aliphatic heterocycles. The average Bonchev–Trinajstić information content (AvgIpc) is 3.19. The summed E-state index contributed by atoms with van der Waals surface area (Å²) in [4.78, 5) is 4.98. The summed E-state index contributed by atoms with van der Waals surface area (Å²) in [6.07, 6.45) is 4.29. The lowest BCUT2D eigenvalue weighted by Crippen LogP contribution is -1.90. The molecule has 0 aliphatic rings. The van der Waals surface area contributed by atoms with Gasteiger partial charge in [-0.15, -0.1) is 0 Å². The molecular weight excluding hydrogens is 455 g/mol. The summed E-state index contributed by atoms with van der Waals surface area (Å²) in [5, 5.41) is 0. The van der Waals surface area contributed by atoms with E-state index in [1.54, 1.807) is 0 Å². The van der Waals surface area contributed by atoms with Crippen molar-refractivity contribution in [3.05, 3.63) is 107 Å². The summed E-state index contributed by atoms with van der Waals surface area (Å²) in [5.41, 5.74) is 7.77. The maximum absolute atomic E-state index is 4.98. The number of pyridine rings is 1. The van der Waals surface area contributed by atoms with Crippen LogP contribution in [-0.4, -0.2) is 9.38 Å². The number of halogens is 1. The van der Waals surface area contributed by atoms with E-state index in [4.69, 9.17) is 4.98 Å². The zero-order chi connectivity index (χ0) is 18.9. The van der Waals surface area contributed by atoms with Gasteiger partial charge in [-0.3, -0.25) is 0 Å². The van der Waals surface area contributed by atoms with Crippen LogP contribution in [0, 0.1) is 3.57 Å². The van der Waals surface area contributed by atoms with Crippen molar-refractivity contribution in [1.29, 1.82) is 0 Å². The number of benzene rings is 3. The van der Waals surface area contributed by atoms with Crippen LogP contribution in [0.2, 0.25) is 0 Å². The van der Waals surface area contributed by atoms with Gasteiger partial charge in [0.2, 0.25) is 0 Å². The van der Waals surface area contributed by atoms with Gasteiger partial charge < -0.3 is 4.40 Å². The maximum atomic E-state index is 4.98. The van der Waals surface area contributed by atoms with Crippen LogP contribution in [0.4, 0.5) is 0 Å². The molecule has 28 heavy (non-hydrogen) atoms. The highest BCUT2D eigenvalue weighted by molar-refractivity contribution is 14.1. The van der Waals surface area contributed by atoms with Crippen molar-refractivity contribution in [2.45, 2.75) is 0 Å². The molecule has 3 heteroatoms. The van der Waals surface area contributed by atoms with Crippen LogP contribution in [0.5, 0.6) is 0 Å². The molecule has 0 bridgehead atoms. The fourth-order valence-corrected chi connectivity index (χ4v) is 3.84. The molecule has 0 amide bonds. The topological polar surface area (TPSA) is 17.3 Å². The number of fused-ring (bicyclic) bond motifs is 1. The first-order valence-electron chi connectivity index (χ1n) is 9.17. The first kappa shape index (κ1) is 17.2. The Bertz CT molecular complexity index is 1240. The van der Waals surface area contributed by atoms with Crippen LogP contribution in [0.15, 0.2) is 103 Å². The molecule has 0 N–H and O–H groups in total. The van der Waals surface area contributed by atoms with Gasteiger partial charge in [0.15, 0.2) is 0 Å². The molecule has 0 saturated carbocycles. The van der Waals surface area contributed by atoms with Crippen molar-refractivity contribution in [2.24, 2.45) is 0 Å². The van der Waals surface area contributed by atoms with E-state index in [-0.39, 0.29) is 0 Å².